The number of rotatable bonds is 7. The number of thiocarbonyl (C=S) groups is 1. The van der Waals surface area contributed by atoms with E-state index in [0.717, 1.165) is 51.5 Å². The number of anilines is 1. The van der Waals surface area contributed by atoms with Crippen molar-refractivity contribution in [2.75, 3.05) is 58.3 Å². The van der Waals surface area contributed by atoms with Gasteiger partial charge in [-0.15, -0.1) is 0 Å². The molecule has 0 spiro atoms. The molecule has 25 heavy (non-hydrogen) atoms. The van der Waals surface area contributed by atoms with Gasteiger partial charge in [-0.25, -0.2) is 0 Å². The Hall–Kier alpha value is -1.70. The molecule has 1 aromatic carbocycles. The lowest BCUT2D eigenvalue weighted by Gasteiger charge is -2.24. The molecule has 1 amide bonds. The molecule has 3 N–H and O–H groups in total. The number of hydrogen-bond acceptors (Lipinski definition) is 3. The van der Waals surface area contributed by atoms with E-state index >= 15 is 0 Å². The van der Waals surface area contributed by atoms with Crippen molar-refractivity contribution >= 4 is 28.9 Å². The van der Waals surface area contributed by atoms with Crippen molar-refractivity contribution in [1.82, 2.24) is 10.2 Å². The molecule has 1 aliphatic rings. The molecule has 1 saturated heterocycles. The van der Waals surface area contributed by atoms with Crippen LogP contribution in [0, 0.1) is 6.92 Å². The van der Waals surface area contributed by atoms with Gasteiger partial charge in [-0.05, 0) is 31.3 Å². The van der Waals surface area contributed by atoms with Gasteiger partial charge in [0.2, 0.25) is 5.91 Å². The molecular formula is C18H29N4O2S+. The Morgan fingerprint density at radius 1 is 1.28 bits per heavy atom. The molecule has 1 aromatic rings. The minimum absolute atomic E-state index is 0.0757. The first-order chi connectivity index (χ1) is 12.0. The van der Waals surface area contributed by atoms with Gasteiger partial charge in [0.15, 0.2) is 5.11 Å². The van der Waals surface area contributed by atoms with Crippen LogP contribution in [0.25, 0.3) is 0 Å². The number of benzene rings is 1. The zero-order chi connectivity index (χ0) is 18.1. The van der Waals surface area contributed by atoms with Crippen molar-refractivity contribution in [3.8, 4) is 0 Å². The highest BCUT2D eigenvalue weighted by molar-refractivity contribution is 7.80. The molecule has 0 atom stereocenters. The summed E-state index contributed by atoms with van der Waals surface area (Å²) in [6, 6.07) is 7.75. The van der Waals surface area contributed by atoms with Gasteiger partial charge in [-0.1, -0.05) is 17.7 Å². The third-order valence-electron chi connectivity index (χ3n) is 4.25. The third kappa shape index (κ3) is 7.37. The molecule has 7 heteroatoms. The predicted octanol–water partition coefficient (Wildman–Crippen LogP) is 0.0450. The lowest BCUT2D eigenvalue weighted by atomic mass is 10.2. The van der Waals surface area contributed by atoms with Gasteiger partial charge < -0.3 is 25.2 Å². The molecule has 0 aliphatic carbocycles. The second-order valence-electron chi connectivity index (χ2n) is 6.47. The Bertz CT molecular complexity index is 559. The molecule has 138 valence electrons. The van der Waals surface area contributed by atoms with Crippen molar-refractivity contribution in [3.63, 3.8) is 0 Å². The SMILES string of the molecule is Cc1ccc(NC(=O)CN(C)C(=S)NCCC[NH+]2CCOCC2)cc1. The van der Waals surface area contributed by atoms with E-state index in [2.05, 4.69) is 10.6 Å². The summed E-state index contributed by atoms with van der Waals surface area (Å²) < 4.78 is 5.36. The fourth-order valence-corrected chi connectivity index (χ4v) is 2.87. The second-order valence-corrected chi connectivity index (χ2v) is 6.85. The summed E-state index contributed by atoms with van der Waals surface area (Å²) in [6.45, 7) is 8.09. The Balaban J connectivity index is 1.61. The van der Waals surface area contributed by atoms with Crippen molar-refractivity contribution < 1.29 is 14.4 Å². The predicted molar refractivity (Wildman–Crippen MR) is 104 cm³/mol. The highest BCUT2D eigenvalue weighted by Gasteiger charge is 2.13. The van der Waals surface area contributed by atoms with Gasteiger partial charge in [0.25, 0.3) is 0 Å². The van der Waals surface area contributed by atoms with Gasteiger partial charge in [0.05, 0.1) is 26.3 Å². The lowest BCUT2D eigenvalue weighted by molar-refractivity contribution is -0.908. The second kappa shape index (κ2) is 10.3. The Morgan fingerprint density at radius 3 is 2.64 bits per heavy atom. The number of ether oxygens (including phenoxy) is 1. The van der Waals surface area contributed by atoms with E-state index in [9.17, 15) is 4.79 Å². The standard InChI is InChI=1S/C18H28N4O2S/c1-15-4-6-16(7-5-15)20-17(23)14-21(2)18(25)19-8-3-9-22-10-12-24-13-11-22/h4-7H,3,8-14H2,1-2H3,(H,19,25)(H,20,23)/p+1. The number of likely N-dealkylation sites (N-methyl/N-ethyl adjacent to an activating group) is 1. The van der Waals surface area contributed by atoms with Gasteiger partial charge in [0, 0.05) is 25.7 Å². The fraction of sp³-hybridized carbons (Fsp3) is 0.556. The van der Waals surface area contributed by atoms with E-state index in [0.29, 0.717) is 5.11 Å². The average Bonchev–Trinajstić information content (AvgIpc) is 2.61. The van der Waals surface area contributed by atoms with Gasteiger partial charge >= 0.3 is 0 Å². The average molecular weight is 366 g/mol. The Kier molecular flexibility index (Phi) is 8.11. The summed E-state index contributed by atoms with van der Waals surface area (Å²) in [5.74, 6) is -0.0757. The van der Waals surface area contributed by atoms with Crippen LogP contribution in [-0.4, -0.2) is 68.9 Å². The minimum atomic E-state index is -0.0757. The normalized spacial score (nSPS) is 14.8. The van der Waals surface area contributed by atoms with E-state index in [-0.39, 0.29) is 12.5 Å². The smallest absolute Gasteiger partial charge is 0.243 e. The van der Waals surface area contributed by atoms with Gasteiger partial charge in [-0.3, -0.25) is 4.79 Å². The summed E-state index contributed by atoms with van der Waals surface area (Å²) in [4.78, 5) is 15.4. The first kappa shape index (κ1) is 19.6. The molecule has 0 saturated carbocycles. The van der Waals surface area contributed by atoms with Crippen LogP contribution in [0.2, 0.25) is 0 Å². The maximum Gasteiger partial charge on any atom is 0.243 e. The first-order valence-corrected chi connectivity index (χ1v) is 9.22. The Morgan fingerprint density at radius 2 is 1.96 bits per heavy atom. The number of nitrogens with one attached hydrogen (secondary N) is 3. The zero-order valence-corrected chi connectivity index (χ0v) is 16.0. The molecule has 1 fully saturated rings. The van der Waals surface area contributed by atoms with Crippen molar-refractivity contribution in [2.45, 2.75) is 13.3 Å². The van der Waals surface area contributed by atoms with Crippen LogP contribution >= 0.6 is 12.2 Å². The monoisotopic (exact) mass is 365 g/mol. The molecule has 2 rings (SSSR count). The van der Waals surface area contributed by atoms with Crippen molar-refractivity contribution in [2.24, 2.45) is 0 Å². The number of amides is 1. The van der Waals surface area contributed by atoms with E-state index in [1.807, 2.05) is 38.2 Å². The van der Waals surface area contributed by atoms with Crippen LogP contribution in [0.4, 0.5) is 5.69 Å². The highest BCUT2D eigenvalue weighted by atomic mass is 32.1. The summed E-state index contributed by atoms with van der Waals surface area (Å²) in [7, 11) is 1.83. The molecule has 0 bridgehead atoms. The van der Waals surface area contributed by atoms with Crippen molar-refractivity contribution in [3.05, 3.63) is 29.8 Å². The molecule has 1 heterocycles. The zero-order valence-electron chi connectivity index (χ0n) is 15.1. The van der Waals surface area contributed by atoms with Crippen LogP contribution in [0.5, 0.6) is 0 Å². The van der Waals surface area contributed by atoms with Crippen molar-refractivity contribution in [1.29, 1.82) is 0 Å². The number of nitrogens with zero attached hydrogens (tertiary/aromatic N) is 1. The highest BCUT2D eigenvalue weighted by Crippen LogP contribution is 2.08. The van der Waals surface area contributed by atoms with Crippen LogP contribution in [0.3, 0.4) is 0 Å². The largest absolute Gasteiger partial charge is 0.370 e. The number of hydrogen-bond donors (Lipinski definition) is 3. The molecular weight excluding hydrogens is 336 g/mol. The summed E-state index contributed by atoms with van der Waals surface area (Å²) in [6.07, 6.45) is 1.05. The number of morpholine rings is 1. The summed E-state index contributed by atoms with van der Waals surface area (Å²) in [5.41, 5.74) is 1.97. The van der Waals surface area contributed by atoms with E-state index in [4.69, 9.17) is 17.0 Å². The number of quaternary nitrogens is 1. The number of aryl methyl sites for hydroxylation is 1. The summed E-state index contributed by atoms with van der Waals surface area (Å²) >= 11 is 5.35. The summed E-state index contributed by atoms with van der Waals surface area (Å²) in [5, 5.41) is 6.72. The molecule has 0 aromatic heterocycles. The molecule has 0 unspecified atom stereocenters. The lowest BCUT2D eigenvalue weighted by Crippen LogP contribution is -3.14. The molecule has 0 radical (unpaired) electrons. The van der Waals surface area contributed by atoms with Crippen LogP contribution in [0.1, 0.15) is 12.0 Å². The van der Waals surface area contributed by atoms with Crippen LogP contribution < -0.4 is 15.5 Å². The van der Waals surface area contributed by atoms with E-state index in [1.54, 1.807) is 9.80 Å². The van der Waals surface area contributed by atoms with Gasteiger partial charge in [0.1, 0.15) is 13.1 Å². The molecule has 6 nitrogen and oxygen atoms in total. The fourth-order valence-electron chi connectivity index (χ4n) is 2.70. The van der Waals surface area contributed by atoms with Crippen LogP contribution in [0.15, 0.2) is 24.3 Å². The Labute approximate surface area is 155 Å². The number of carbonyl (C=O) groups excluding carboxylic acids is 1. The van der Waals surface area contributed by atoms with E-state index < -0.39 is 0 Å². The quantitative estimate of drug-likeness (QED) is 0.471. The first-order valence-electron chi connectivity index (χ1n) is 8.81. The molecule has 1 aliphatic heterocycles. The maximum atomic E-state index is 12.1. The maximum absolute atomic E-state index is 12.1. The number of carbonyl (C=O) groups is 1. The third-order valence-corrected chi connectivity index (χ3v) is 4.70. The van der Waals surface area contributed by atoms with Crippen LogP contribution in [-0.2, 0) is 9.53 Å². The minimum Gasteiger partial charge on any atom is -0.370 e. The topological polar surface area (TPSA) is 58.0 Å². The van der Waals surface area contributed by atoms with E-state index in [1.165, 1.54) is 5.56 Å². The van der Waals surface area contributed by atoms with Gasteiger partial charge in [-0.2, -0.15) is 0 Å².